The molecular weight excluding hydrogens is 424 g/mol. The van der Waals surface area contributed by atoms with E-state index in [4.69, 9.17) is 0 Å². The number of hydrogen-bond donors (Lipinski definition) is 1. The maximum Gasteiger partial charge on any atom is 0.296 e. The van der Waals surface area contributed by atoms with Crippen LogP contribution in [0.15, 0.2) is 64.8 Å². The number of nitrogens with one attached hydrogen (secondary N) is 1. The predicted molar refractivity (Wildman–Crippen MR) is 113 cm³/mol. The van der Waals surface area contributed by atoms with Crippen LogP contribution in [0, 0.1) is 18.6 Å². The van der Waals surface area contributed by atoms with Gasteiger partial charge in [-0.15, -0.1) is 10.2 Å². The average Bonchev–Trinajstić information content (AvgIpc) is 3.17. The zero-order chi connectivity index (χ0) is 22.0. The molecule has 31 heavy (non-hydrogen) atoms. The zero-order valence-electron chi connectivity index (χ0n) is 16.4. The van der Waals surface area contributed by atoms with E-state index in [9.17, 15) is 18.4 Å². The van der Waals surface area contributed by atoms with Crippen molar-refractivity contribution in [1.82, 2.24) is 19.2 Å². The first-order chi connectivity index (χ1) is 14.9. The van der Waals surface area contributed by atoms with Crippen molar-refractivity contribution >= 4 is 29.0 Å². The second kappa shape index (κ2) is 8.68. The van der Waals surface area contributed by atoms with E-state index >= 15 is 0 Å². The van der Waals surface area contributed by atoms with Crippen molar-refractivity contribution in [3.63, 3.8) is 0 Å². The van der Waals surface area contributed by atoms with Gasteiger partial charge >= 0.3 is 0 Å². The van der Waals surface area contributed by atoms with Crippen LogP contribution in [0.4, 0.5) is 14.5 Å². The summed E-state index contributed by atoms with van der Waals surface area (Å²) in [4.78, 5) is 24.9. The first kappa shape index (κ1) is 20.7. The molecular formula is C21H17F2N5O2S. The molecule has 0 atom stereocenters. The smallest absolute Gasteiger partial charge is 0.296 e. The number of amides is 1. The molecule has 10 heteroatoms. The first-order valence-corrected chi connectivity index (χ1v) is 10.3. The summed E-state index contributed by atoms with van der Waals surface area (Å²) in [6.07, 6.45) is 3.22. The topological polar surface area (TPSA) is 81.3 Å². The van der Waals surface area contributed by atoms with Gasteiger partial charge in [0.2, 0.25) is 11.6 Å². The molecule has 1 N–H and O–H groups in total. The number of aryl methyl sites for hydroxylation is 1. The van der Waals surface area contributed by atoms with Gasteiger partial charge in [-0.3, -0.25) is 14.0 Å². The van der Waals surface area contributed by atoms with E-state index in [1.165, 1.54) is 27.2 Å². The number of rotatable bonds is 6. The third-order valence-corrected chi connectivity index (χ3v) is 5.51. The molecule has 158 valence electrons. The van der Waals surface area contributed by atoms with Crippen LogP contribution in [0.1, 0.15) is 11.1 Å². The molecule has 0 unspecified atom stereocenters. The summed E-state index contributed by atoms with van der Waals surface area (Å²) in [6.45, 7) is 1.90. The van der Waals surface area contributed by atoms with Crippen LogP contribution in [-0.2, 0) is 11.3 Å². The summed E-state index contributed by atoms with van der Waals surface area (Å²) in [5.41, 5.74) is 1.39. The molecule has 0 bridgehead atoms. The van der Waals surface area contributed by atoms with Crippen molar-refractivity contribution < 1.29 is 13.6 Å². The molecule has 0 aliphatic heterocycles. The minimum Gasteiger partial charge on any atom is -0.325 e. The number of fused-ring (bicyclic) bond motifs is 1. The lowest BCUT2D eigenvalue weighted by molar-refractivity contribution is -0.113. The Balaban J connectivity index is 1.45. The summed E-state index contributed by atoms with van der Waals surface area (Å²) in [6, 6.07) is 10.3. The van der Waals surface area contributed by atoms with Crippen LogP contribution >= 0.6 is 11.8 Å². The van der Waals surface area contributed by atoms with Crippen molar-refractivity contribution in [1.29, 1.82) is 0 Å². The van der Waals surface area contributed by atoms with Gasteiger partial charge in [0.1, 0.15) is 11.6 Å². The van der Waals surface area contributed by atoms with Crippen molar-refractivity contribution in [2.24, 2.45) is 0 Å². The molecule has 4 rings (SSSR count). The molecule has 2 heterocycles. The lowest BCUT2D eigenvalue weighted by Crippen LogP contribution is -2.22. The number of halogens is 2. The predicted octanol–water partition coefficient (Wildman–Crippen LogP) is 3.26. The number of aromatic nitrogens is 4. The highest BCUT2D eigenvalue weighted by atomic mass is 32.2. The zero-order valence-corrected chi connectivity index (χ0v) is 17.2. The van der Waals surface area contributed by atoms with Gasteiger partial charge in [-0.05, 0) is 42.3 Å². The van der Waals surface area contributed by atoms with Gasteiger partial charge in [0.15, 0.2) is 5.16 Å². The Morgan fingerprint density at radius 3 is 2.61 bits per heavy atom. The van der Waals surface area contributed by atoms with E-state index in [2.05, 4.69) is 15.5 Å². The fourth-order valence-corrected chi connectivity index (χ4v) is 3.63. The van der Waals surface area contributed by atoms with Gasteiger partial charge in [-0.1, -0.05) is 30.0 Å². The summed E-state index contributed by atoms with van der Waals surface area (Å²) in [5, 5.41) is 10.9. The molecule has 2 aromatic carbocycles. The molecule has 7 nitrogen and oxygen atoms in total. The maximum atomic E-state index is 13.6. The SMILES string of the molecule is Cc1ccc(NC(=O)CSc2nnc3c(=O)n(Cc4ccc(F)cc4)ccn23)cc1F. The quantitative estimate of drug-likeness (QED) is 0.465. The number of anilines is 1. The summed E-state index contributed by atoms with van der Waals surface area (Å²) >= 11 is 1.11. The average molecular weight is 441 g/mol. The monoisotopic (exact) mass is 441 g/mol. The Hall–Kier alpha value is -3.53. The Kier molecular flexibility index (Phi) is 5.81. The van der Waals surface area contributed by atoms with Gasteiger partial charge in [0, 0.05) is 18.1 Å². The molecule has 4 aromatic rings. The van der Waals surface area contributed by atoms with E-state index in [0.717, 1.165) is 17.3 Å². The minimum absolute atomic E-state index is 0.00888. The highest BCUT2D eigenvalue weighted by molar-refractivity contribution is 7.99. The first-order valence-electron chi connectivity index (χ1n) is 9.28. The van der Waals surface area contributed by atoms with Gasteiger partial charge in [-0.25, -0.2) is 8.78 Å². The molecule has 0 fully saturated rings. The summed E-state index contributed by atoms with van der Waals surface area (Å²) in [7, 11) is 0. The highest BCUT2D eigenvalue weighted by Gasteiger charge is 2.13. The van der Waals surface area contributed by atoms with E-state index in [1.807, 2.05) is 0 Å². The van der Waals surface area contributed by atoms with Crippen LogP contribution in [0.3, 0.4) is 0 Å². The van der Waals surface area contributed by atoms with Gasteiger partial charge in [-0.2, -0.15) is 0 Å². The Morgan fingerprint density at radius 1 is 1.10 bits per heavy atom. The van der Waals surface area contributed by atoms with E-state index < -0.39 is 5.82 Å². The van der Waals surface area contributed by atoms with Gasteiger partial charge < -0.3 is 9.88 Å². The maximum absolute atomic E-state index is 13.6. The van der Waals surface area contributed by atoms with Crippen molar-refractivity contribution in [2.75, 3.05) is 11.1 Å². The summed E-state index contributed by atoms with van der Waals surface area (Å²) < 4.78 is 29.6. The minimum atomic E-state index is -0.397. The van der Waals surface area contributed by atoms with Crippen LogP contribution in [0.5, 0.6) is 0 Å². The number of nitrogens with zero attached hydrogens (tertiary/aromatic N) is 4. The number of thioether (sulfide) groups is 1. The Labute approximate surface area is 179 Å². The molecule has 0 saturated heterocycles. The van der Waals surface area contributed by atoms with Crippen molar-refractivity contribution in [2.45, 2.75) is 18.6 Å². The van der Waals surface area contributed by atoms with E-state index in [-0.39, 0.29) is 35.2 Å². The molecule has 0 spiro atoms. The van der Waals surface area contributed by atoms with Crippen LogP contribution in [0.2, 0.25) is 0 Å². The largest absolute Gasteiger partial charge is 0.325 e. The molecule has 2 aromatic heterocycles. The number of hydrogen-bond acceptors (Lipinski definition) is 5. The van der Waals surface area contributed by atoms with Crippen LogP contribution in [0.25, 0.3) is 5.65 Å². The lowest BCUT2D eigenvalue weighted by Gasteiger charge is -2.07. The Morgan fingerprint density at radius 2 is 1.87 bits per heavy atom. The third-order valence-electron chi connectivity index (χ3n) is 4.57. The molecule has 0 aliphatic carbocycles. The van der Waals surface area contributed by atoms with Crippen molar-refractivity contribution in [3.05, 3.63) is 88.0 Å². The second-order valence-electron chi connectivity index (χ2n) is 6.83. The van der Waals surface area contributed by atoms with Gasteiger partial charge in [0.25, 0.3) is 5.56 Å². The Bertz CT molecular complexity index is 1320. The van der Waals surface area contributed by atoms with E-state index in [0.29, 0.717) is 16.4 Å². The number of carbonyl (C=O) groups excluding carboxylic acids is 1. The fourth-order valence-electron chi connectivity index (χ4n) is 2.91. The van der Waals surface area contributed by atoms with Crippen LogP contribution in [-0.4, -0.2) is 30.8 Å². The lowest BCUT2D eigenvalue weighted by atomic mass is 10.2. The van der Waals surface area contributed by atoms with Crippen LogP contribution < -0.4 is 10.9 Å². The molecule has 0 aliphatic rings. The second-order valence-corrected chi connectivity index (χ2v) is 7.78. The third kappa shape index (κ3) is 4.64. The normalized spacial score (nSPS) is 11.1. The fraction of sp³-hybridized carbons (Fsp3) is 0.143. The molecule has 0 saturated carbocycles. The molecule has 1 amide bonds. The highest BCUT2D eigenvalue weighted by Crippen LogP contribution is 2.18. The number of benzene rings is 2. The van der Waals surface area contributed by atoms with Gasteiger partial charge in [0.05, 0.1) is 12.3 Å². The summed E-state index contributed by atoms with van der Waals surface area (Å²) in [5.74, 6) is -1.07. The standard InChI is InChI=1S/C21H17F2N5O2S/c1-13-2-7-16(10-17(13)23)24-18(29)12-31-21-26-25-19-20(30)27(8-9-28(19)21)11-14-3-5-15(22)6-4-14/h2-10H,11-12H2,1H3,(H,24,29). The molecule has 0 radical (unpaired) electrons. The van der Waals surface area contributed by atoms with Crippen molar-refractivity contribution in [3.8, 4) is 0 Å². The van der Waals surface area contributed by atoms with E-state index in [1.54, 1.807) is 43.6 Å². The number of carbonyl (C=O) groups is 1.